The Morgan fingerprint density at radius 3 is 2.78 bits per heavy atom. The van der Waals surface area contributed by atoms with Gasteiger partial charge in [-0.15, -0.1) is 0 Å². The number of nitrogens with zero attached hydrogens (tertiary/aromatic N) is 2. The highest BCUT2D eigenvalue weighted by atomic mass is 35.5. The van der Waals surface area contributed by atoms with E-state index in [1.807, 2.05) is 0 Å². The molecular formula is C18H16ClN3O5. The molecule has 0 aliphatic carbocycles. The first-order valence-electron chi connectivity index (χ1n) is 8.08. The average Bonchev–Trinajstić information content (AvgIpc) is 3.05. The molecule has 0 radical (unpaired) electrons. The van der Waals surface area contributed by atoms with Gasteiger partial charge < -0.3 is 15.0 Å². The van der Waals surface area contributed by atoms with Gasteiger partial charge in [0.2, 0.25) is 0 Å². The van der Waals surface area contributed by atoms with Crippen molar-refractivity contribution in [2.45, 2.75) is 6.42 Å². The van der Waals surface area contributed by atoms with Crippen molar-refractivity contribution in [1.82, 2.24) is 0 Å². The maximum atomic E-state index is 12.4. The zero-order valence-corrected chi connectivity index (χ0v) is 15.2. The first-order valence-corrected chi connectivity index (χ1v) is 8.46. The van der Waals surface area contributed by atoms with Crippen LogP contribution < -0.4 is 10.2 Å². The second-order valence-electron chi connectivity index (χ2n) is 5.95. The van der Waals surface area contributed by atoms with Crippen molar-refractivity contribution in [3.8, 4) is 0 Å². The highest BCUT2D eigenvalue weighted by Gasteiger charge is 2.25. The number of fused-ring (bicyclic) bond motifs is 1. The Morgan fingerprint density at radius 2 is 2.07 bits per heavy atom. The number of ether oxygens (including phenoxy) is 1. The van der Waals surface area contributed by atoms with Crippen molar-refractivity contribution in [3.05, 3.63) is 62.7 Å². The van der Waals surface area contributed by atoms with Crippen LogP contribution in [-0.2, 0) is 16.0 Å². The summed E-state index contributed by atoms with van der Waals surface area (Å²) >= 11 is 5.77. The van der Waals surface area contributed by atoms with Gasteiger partial charge >= 0.3 is 0 Å². The Morgan fingerprint density at radius 1 is 1.30 bits per heavy atom. The standard InChI is InChI=1S/C18H16ClN3O5/c1-27-10-17(23)21-7-6-11-8-13(3-5-15(11)21)20-18(24)12-2-4-14(19)16(9-12)22(25)26/h2-5,8-9H,6-7,10H2,1H3,(H,20,24). The number of nitro groups is 1. The van der Waals surface area contributed by atoms with Gasteiger partial charge in [0, 0.05) is 36.7 Å². The molecule has 0 spiro atoms. The number of hydrogen-bond donors (Lipinski definition) is 1. The number of nitro benzene ring substituents is 1. The summed E-state index contributed by atoms with van der Waals surface area (Å²) in [5.41, 5.74) is 2.06. The van der Waals surface area contributed by atoms with Crippen LogP contribution in [0, 0.1) is 10.1 Å². The molecule has 0 saturated carbocycles. The van der Waals surface area contributed by atoms with Gasteiger partial charge in [0.05, 0.1) is 4.92 Å². The lowest BCUT2D eigenvalue weighted by atomic mass is 10.1. The van der Waals surface area contributed by atoms with Crippen molar-refractivity contribution in [2.24, 2.45) is 0 Å². The average molecular weight is 390 g/mol. The van der Waals surface area contributed by atoms with E-state index in [0.29, 0.717) is 18.7 Å². The highest BCUT2D eigenvalue weighted by Crippen LogP contribution is 2.31. The van der Waals surface area contributed by atoms with Gasteiger partial charge in [-0.25, -0.2) is 0 Å². The molecule has 27 heavy (non-hydrogen) atoms. The Bertz CT molecular complexity index is 931. The molecule has 1 N–H and O–H groups in total. The lowest BCUT2D eigenvalue weighted by Gasteiger charge is -2.17. The Kier molecular flexibility index (Phi) is 5.38. The molecule has 2 amide bonds. The minimum absolute atomic E-state index is 0.00722. The van der Waals surface area contributed by atoms with Crippen LogP contribution in [0.4, 0.5) is 17.1 Å². The molecule has 0 atom stereocenters. The van der Waals surface area contributed by atoms with Crippen LogP contribution in [0.15, 0.2) is 36.4 Å². The molecule has 140 valence electrons. The van der Waals surface area contributed by atoms with E-state index in [-0.39, 0.29) is 28.8 Å². The van der Waals surface area contributed by atoms with Gasteiger partial charge in [-0.2, -0.15) is 0 Å². The fraction of sp³-hybridized carbons (Fsp3) is 0.222. The predicted octanol–water partition coefficient (Wildman–Crippen LogP) is 3.04. The molecule has 0 saturated heterocycles. The zero-order valence-electron chi connectivity index (χ0n) is 14.4. The Balaban J connectivity index is 1.78. The van der Waals surface area contributed by atoms with Gasteiger partial charge in [-0.3, -0.25) is 19.7 Å². The molecule has 1 heterocycles. The molecular weight excluding hydrogens is 374 g/mol. The lowest BCUT2D eigenvalue weighted by molar-refractivity contribution is -0.384. The van der Waals surface area contributed by atoms with Crippen LogP contribution in [-0.4, -0.2) is 37.0 Å². The van der Waals surface area contributed by atoms with Crippen molar-refractivity contribution < 1.29 is 19.2 Å². The second kappa shape index (κ2) is 7.73. The number of carbonyl (C=O) groups excluding carboxylic acids is 2. The second-order valence-corrected chi connectivity index (χ2v) is 6.36. The number of amides is 2. The van der Waals surface area contributed by atoms with Crippen LogP contribution >= 0.6 is 11.6 Å². The van der Waals surface area contributed by atoms with Crippen LogP contribution in [0.3, 0.4) is 0 Å². The Labute approximate surface area is 159 Å². The maximum absolute atomic E-state index is 12.4. The number of hydrogen-bond acceptors (Lipinski definition) is 5. The molecule has 1 aliphatic heterocycles. The predicted molar refractivity (Wildman–Crippen MR) is 100 cm³/mol. The number of nitrogens with one attached hydrogen (secondary N) is 1. The van der Waals surface area contributed by atoms with Crippen LogP contribution in [0.2, 0.25) is 5.02 Å². The number of rotatable bonds is 5. The van der Waals surface area contributed by atoms with Crippen LogP contribution in [0.1, 0.15) is 15.9 Å². The molecule has 1 aliphatic rings. The molecule has 2 aromatic rings. The maximum Gasteiger partial charge on any atom is 0.288 e. The third kappa shape index (κ3) is 3.91. The zero-order chi connectivity index (χ0) is 19.6. The van der Waals surface area contributed by atoms with Gasteiger partial charge in [-0.1, -0.05) is 11.6 Å². The normalized spacial score (nSPS) is 12.6. The molecule has 0 unspecified atom stereocenters. The largest absolute Gasteiger partial charge is 0.375 e. The van der Waals surface area contributed by atoms with E-state index >= 15 is 0 Å². The van der Waals surface area contributed by atoms with E-state index in [4.69, 9.17) is 16.3 Å². The monoisotopic (exact) mass is 389 g/mol. The topological polar surface area (TPSA) is 102 Å². The smallest absolute Gasteiger partial charge is 0.288 e. The molecule has 0 bridgehead atoms. The summed E-state index contributed by atoms with van der Waals surface area (Å²) in [5.74, 6) is -0.610. The highest BCUT2D eigenvalue weighted by molar-refractivity contribution is 6.32. The van der Waals surface area contributed by atoms with E-state index in [1.165, 1.54) is 19.2 Å². The van der Waals surface area contributed by atoms with E-state index in [1.54, 1.807) is 23.1 Å². The van der Waals surface area contributed by atoms with E-state index < -0.39 is 10.8 Å². The first-order chi connectivity index (χ1) is 12.9. The third-order valence-corrected chi connectivity index (χ3v) is 4.53. The summed E-state index contributed by atoms with van der Waals surface area (Å²) < 4.78 is 4.89. The number of benzene rings is 2. The summed E-state index contributed by atoms with van der Waals surface area (Å²) in [7, 11) is 1.47. The quantitative estimate of drug-likeness (QED) is 0.625. The lowest BCUT2D eigenvalue weighted by Crippen LogP contribution is -2.31. The summed E-state index contributed by atoms with van der Waals surface area (Å²) in [6.45, 7) is 0.561. The molecule has 8 nitrogen and oxygen atoms in total. The molecule has 3 rings (SSSR count). The van der Waals surface area contributed by atoms with Crippen molar-refractivity contribution >= 4 is 40.5 Å². The fourth-order valence-corrected chi connectivity index (χ4v) is 3.12. The Hall–Kier alpha value is -2.97. The fourth-order valence-electron chi connectivity index (χ4n) is 2.94. The number of halogens is 1. The van der Waals surface area contributed by atoms with Crippen LogP contribution in [0.25, 0.3) is 0 Å². The third-order valence-electron chi connectivity index (χ3n) is 4.21. The number of anilines is 2. The van der Waals surface area contributed by atoms with E-state index in [2.05, 4.69) is 5.32 Å². The molecule has 2 aromatic carbocycles. The van der Waals surface area contributed by atoms with Gasteiger partial charge in [0.1, 0.15) is 11.6 Å². The van der Waals surface area contributed by atoms with Crippen molar-refractivity contribution in [2.75, 3.05) is 30.5 Å². The summed E-state index contributed by atoms with van der Waals surface area (Å²) in [6.07, 6.45) is 0.668. The SMILES string of the molecule is COCC(=O)N1CCc2cc(NC(=O)c3ccc(Cl)c([N+](=O)[O-])c3)ccc21. The van der Waals surface area contributed by atoms with Gasteiger partial charge in [-0.05, 0) is 42.3 Å². The molecule has 0 fully saturated rings. The van der Waals surface area contributed by atoms with Crippen molar-refractivity contribution in [3.63, 3.8) is 0 Å². The summed E-state index contributed by atoms with van der Waals surface area (Å²) in [5, 5.41) is 13.6. The summed E-state index contributed by atoms with van der Waals surface area (Å²) in [4.78, 5) is 36.4. The minimum Gasteiger partial charge on any atom is -0.375 e. The minimum atomic E-state index is -0.639. The van der Waals surface area contributed by atoms with E-state index in [0.717, 1.165) is 17.3 Å². The molecule has 0 aromatic heterocycles. The van der Waals surface area contributed by atoms with E-state index in [9.17, 15) is 19.7 Å². The molecule has 9 heteroatoms. The van der Waals surface area contributed by atoms with Gasteiger partial charge in [0.15, 0.2) is 0 Å². The number of methoxy groups -OCH3 is 1. The summed E-state index contributed by atoms with van der Waals surface area (Å²) in [6, 6.07) is 9.10. The number of carbonyl (C=O) groups is 2. The van der Waals surface area contributed by atoms with Crippen molar-refractivity contribution in [1.29, 1.82) is 0 Å². The first kappa shape index (κ1) is 18.8. The van der Waals surface area contributed by atoms with Gasteiger partial charge in [0.25, 0.3) is 17.5 Å². The van der Waals surface area contributed by atoms with Crippen LogP contribution in [0.5, 0.6) is 0 Å².